The van der Waals surface area contributed by atoms with Crippen molar-refractivity contribution in [1.29, 1.82) is 5.26 Å². The van der Waals surface area contributed by atoms with Crippen LogP contribution in [-0.2, 0) is 16.0 Å². The third-order valence-corrected chi connectivity index (χ3v) is 6.13. The van der Waals surface area contributed by atoms with Gasteiger partial charge in [-0.05, 0) is 67.5 Å². The highest BCUT2D eigenvalue weighted by Crippen LogP contribution is 2.33. The highest BCUT2D eigenvalue weighted by molar-refractivity contribution is 6.32. The summed E-state index contributed by atoms with van der Waals surface area (Å²) in [5.41, 5.74) is 5.07. The molecule has 6 nitrogen and oxygen atoms in total. The molecule has 178 valence electrons. The quantitative estimate of drug-likeness (QED) is 0.203. The lowest BCUT2D eigenvalue weighted by molar-refractivity contribution is -0.143. The second-order valence-electron chi connectivity index (χ2n) is 8.85. The fraction of sp³-hybridized carbons (Fsp3) is 0.407. The van der Waals surface area contributed by atoms with Gasteiger partial charge in [0.25, 0.3) is 0 Å². The molecule has 0 saturated carbocycles. The van der Waals surface area contributed by atoms with Crippen molar-refractivity contribution in [3.8, 4) is 11.8 Å². The predicted octanol–water partition coefficient (Wildman–Crippen LogP) is 5.96. The van der Waals surface area contributed by atoms with E-state index in [1.54, 1.807) is 25.3 Å². The molecule has 3 rings (SSSR count). The summed E-state index contributed by atoms with van der Waals surface area (Å²) in [6.45, 7) is 8.37. The summed E-state index contributed by atoms with van der Waals surface area (Å²) >= 11 is 6.01. The number of nitrogens with zero attached hydrogens (tertiary/aromatic N) is 3. The van der Waals surface area contributed by atoms with Crippen LogP contribution in [0.15, 0.2) is 36.5 Å². The van der Waals surface area contributed by atoms with Gasteiger partial charge in [-0.2, -0.15) is 5.26 Å². The Bertz CT molecular complexity index is 1220. The molecule has 1 unspecified atom stereocenters. The average molecular weight is 480 g/mol. The number of benzene rings is 1. The van der Waals surface area contributed by atoms with E-state index >= 15 is 0 Å². The molecule has 0 N–H and O–H groups in total. The summed E-state index contributed by atoms with van der Waals surface area (Å²) in [6, 6.07) is 11.4. The van der Waals surface area contributed by atoms with Crippen molar-refractivity contribution in [2.24, 2.45) is 5.92 Å². The van der Waals surface area contributed by atoms with Crippen molar-refractivity contribution in [3.05, 3.63) is 58.9 Å². The zero-order valence-electron chi connectivity index (χ0n) is 20.1. The third kappa shape index (κ3) is 5.48. The Balaban J connectivity index is 2.25. The van der Waals surface area contributed by atoms with Crippen LogP contribution in [0.3, 0.4) is 0 Å². The minimum Gasteiger partial charge on any atom is -0.466 e. The van der Waals surface area contributed by atoms with Gasteiger partial charge >= 0.3 is 5.97 Å². The molecule has 7 heteroatoms. The van der Waals surface area contributed by atoms with E-state index in [-0.39, 0.29) is 30.0 Å². The monoisotopic (exact) mass is 479 g/mol. The number of alkyl halides is 1. The van der Waals surface area contributed by atoms with Gasteiger partial charge in [0.1, 0.15) is 0 Å². The fourth-order valence-corrected chi connectivity index (χ4v) is 4.22. The largest absolute Gasteiger partial charge is 0.466 e. The van der Waals surface area contributed by atoms with E-state index in [4.69, 9.17) is 16.3 Å². The Kier molecular flexibility index (Phi) is 8.46. The average Bonchev–Trinajstić information content (AvgIpc) is 3.15. The van der Waals surface area contributed by atoms with Crippen LogP contribution >= 0.6 is 11.6 Å². The lowest BCUT2D eigenvalue weighted by atomic mass is 9.98. The van der Waals surface area contributed by atoms with Crippen molar-refractivity contribution >= 4 is 34.4 Å². The summed E-state index contributed by atoms with van der Waals surface area (Å²) in [5.74, 6) is -0.221. The number of ether oxygens (including phenoxy) is 1. The van der Waals surface area contributed by atoms with E-state index in [0.29, 0.717) is 35.6 Å². The first kappa shape index (κ1) is 25.5. The van der Waals surface area contributed by atoms with Crippen LogP contribution in [0.4, 0.5) is 0 Å². The molecule has 0 bridgehead atoms. The van der Waals surface area contributed by atoms with Crippen LogP contribution in [0.25, 0.3) is 16.7 Å². The smallest absolute Gasteiger partial charge is 0.306 e. The first-order valence-corrected chi connectivity index (χ1v) is 12.1. The Labute approximate surface area is 205 Å². The van der Waals surface area contributed by atoms with Crippen LogP contribution in [0, 0.1) is 17.2 Å². The summed E-state index contributed by atoms with van der Waals surface area (Å²) < 4.78 is 7.16. The van der Waals surface area contributed by atoms with E-state index in [2.05, 4.69) is 24.9 Å². The second kappa shape index (κ2) is 11.3. The van der Waals surface area contributed by atoms with Gasteiger partial charge in [-0.3, -0.25) is 14.6 Å². The van der Waals surface area contributed by atoms with Crippen molar-refractivity contribution in [1.82, 2.24) is 9.55 Å². The molecule has 1 aromatic carbocycles. The first-order chi connectivity index (χ1) is 16.3. The number of rotatable bonds is 10. The van der Waals surface area contributed by atoms with Gasteiger partial charge in [0.15, 0.2) is 5.78 Å². The van der Waals surface area contributed by atoms with E-state index in [1.807, 2.05) is 29.7 Å². The number of nitriles is 1. The van der Waals surface area contributed by atoms with Gasteiger partial charge in [-0.1, -0.05) is 20.8 Å². The fourth-order valence-electron chi connectivity index (χ4n) is 4.08. The molecule has 0 aliphatic rings. The molecular formula is C27H30ClN3O3. The molecule has 0 spiro atoms. The molecule has 2 heterocycles. The SMILES string of the molecule is CCOC(=O)CC(C)c1cnc2c(C(=O)CCl)c(CCC(C)C)n(-c3ccc(C#N)cc3)c2c1. The number of carbonyl (C=O) groups is 2. The zero-order valence-corrected chi connectivity index (χ0v) is 20.9. The molecule has 0 radical (unpaired) electrons. The molecule has 3 aromatic rings. The Morgan fingerprint density at radius 2 is 1.91 bits per heavy atom. The summed E-state index contributed by atoms with van der Waals surface area (Å²) in [6.07, 6.45) is 3.54. The van der Waals surface area contributed by atoms with E-state index in [9.17, 15) is 14.9 Å². The maximum Gasteiger partial charge on any atom is 0.306 e. The Hall–Kier alpha value is -3.17. The minimum absolute atomic E-state index is 0.105. The van der Waals surface area contributed by atoms with Crippen LogP contribution in [0.2, 0.25) is 0 Å². The molecule has 0 fully saturated rings. The van der Waals surface area contributed by atoms with Crippen LogP contribution in [0.1, 0.15) is 73.6 Å². The van der Waals surface area contributed by atoms with Gasteiger partial charge < -0.3 is 9.30 Å². The molecule has 0 aliphatic carbocycles. The van der Waals surface area contributed by atoms with E-state index in [0.717, 1.165) is 28.9 Å². The van der Waals surface area contributed by atoms with Crippen molar-refractivity contribution < 1.29 is 14.3 Å². The normalized spacial score (nSPS) is 12.0. The number of pyridine rings is 1. The van der Waals surface area contributed by atoms with Crippen molar-refractivity contribution in [3.63, 3.8) is 0 Å². The van der Waals surface area contributed by atoms with Gasteiger partial charge in [0.2, 0.25) is 0 Å². The number of Topliss-reactive ketones (excluding diaryl/α,β-unsaturated/α-hetero) is 1. The summed E-state index contributed by atoms with van der Waals surface area (Å²) in [4.78, 5) is 29.7. The lowest BCUT2D eigenvalue weighted by Crippen LogP contribution is -2.09. The standard InChI is InChI=1S/C27H30ClN3O3/c1-5-34-25(33)12-18(4)20-13-23-27(30-16-20)26(24(32)14-28)22(11-6-17(2)3)31(23)21-9-7-19(15-29)8-10-21/h7-10,13,16-18H,5-6,11-12,14H2,1-4H3. The van der Waals surface area contributed by atoms with Crippen LogP contribution < -0.4 is 0 Å². The third-order valence-electron chi connectivity index (χ3n) is 5.89. The summed E-state index contributed by atoms with van der Waals surface area (Å²) in [5, 5.41) is 9.22. The topological polar surface area (TPSA) is 85.0 Å². The Morgan fingerprint density at radius 3 is 2.50 bits per heavy atom. The number of fused-ring (bicyclic) bond motifs is 1. The maximum atomic E-state index is 13.0. The second-order valence-corrected chi connectivity index (χ2v) is 9.12. The summed E-state index contributed by atoms with van der Waals surface area (Å²) in [7, 11) is 0. The van der Waals surface area contributed by atoms with Crippen molar-refractivity contribution in [2.75, 3.05) is 12.5 Å². The molecule has 0 aliphatic heterocycles. The Morgan fingerprint density at radius 1 is 1.21 bits per heavy atom. The molecule has 2 aromatic heterocycles. The minimum atomic E-state index is -0.256. The van der Waals surface area contributed by atoms with Crippen molar-refractivity contribution in [2.45, 2.75) is 52.9 Å². The van der Waals surface area contributed by atoms with Crippen LogP contribution in [0.5, 0.6) is 0 Å². The number of halogens is 1. The number of ketones is 1. The van der Waals surface area contributed by atoms with E-state index < -0.39 is 0 Å². The molecule has 0 saturated heterocycles. The number of esters is 1. The number of hydrogen-bond donors (Lipinski definition) is 0. The number of carbonyl (C=O) groups excluding carboxylic acids is 2. The lowest BCUT2D eigenvalue weighted by Gasteiger charge is -2.14. The van der Waals surface area contributed by atoms with E-state index in [1.165, 1.54) is 0 Å². The first-order valence-electron chi connectivity index (χ1n) is 11.6. The maximum absolute atomic E-state index is 13.0. The highest BCUT2D eigenvalue weighted by atomic mass is 35.5. The number of aromatic nitrogens is 2. The molecule has 1 atom stereocenters. The number of hydrogen-bond acceptors (Lipinski definition) is 5. The van der Waals surface area contributed by atoms with Gasteiger partial charge in [-0.25, -0.2) is 0 Å². The molecule has 34 heavy (non-hydrogen) atoms. The van der Waals surface area contributed by atoms with Gasteiger partial charge in [0.05, 0.1) is 47.1 Å². The van der Waals surface area contributed by atoms with Crippen LogP contribution in [-0.4, -0.2) is 33.8 Å². The zero-order chi connectivity index (χ0) is 24.8. The van der Waals surface area contributed by atoms with Gasteiger partial charge in [-0.15, -0.1) is 11.6 Å². The molecule has 0 amide bonds. The predicted molar refractivity (Wildman–Crippen MR) is 134 cm³/mol. The highest BCUT2D eigenvalue weighted by Gasteiger charge is 2.25. The molecular weight excluding hydrogens is 450 g/mol. The van der Waals surface area contributed by atoms with Gasteiger partial charge in [0, 0.05) is 17.6 Å².